The van der Waals surface area contributed by atoms with Crippen LogP contribution in [0.25, 0.3) is 0 Å². The summed E-state index contributed by atoms with van der Waals surface area (Å²) in [5, 5.41) is 9.56. The zero-order chi connectivity index (χ0) is 12.7. The fraction of sp³-hybridized carbons (Fsp3) is 0.500. The highest BCUT2D eigenvalue weighted by Crippen LogP contribution is 2.36. The van der Waals surface area contributed by atoms with Crippen LogP contribution in [-0.2, 0) is 0 Å². The van der Waals surface area contributed by atoms with Gasteiger partial charge in [0.1, 0.15) is 5.82 Å². The van der Waals surface area contributed by atoms with Crippen molar-refractivity contribution in [2.24, 2.45) is 0 Å². The summed E-state index contributed by atoms with van der Waals surface area (Å²) in [7, 11) is -2.16. The van der Waals surface area contributed by atoms with Crippen molar-refractivity contribution in [3.8, 4) is 5.75 Å². The van der Waals surface area contributed by atoms with Crippen LogP contribution in [0.5, 0.6) is 5.75 Å². The van der Waals surface area contributed by atoms with Gasteiger partial charge in [-0.2, -0.15) is 0 Å². The van der Waals surface area contributed by atoms with E-state index < -0.39 is 25.5 Å². The molecule has 0 amide bonds. The Kier molecular flexibility index (Phi) is 3.16. The van der Waals surface area contributed by atoms with Gasteiger partial charge in [-0.05, 0) is 16.3 Å². The summed E-state index contributed by atoms with van der Waals surface area (Å²) >= 11 is 0. The van der Waals surface area contributed by atoms with E-state index in [1.54, 1.807) is 0 Å². The van der Waals surface area contributed by atoms with E-state index in [9.17, 15) is 13.9 Å². The second-order valence-corrected chi connectivity index (χ2v) is 11.0. The molecule has 1 aromatic rings. The van der Waals surface area contributed by atoms with Crippen molar-refractivity contribution in [2.75, 3.05) is 0 Å². The first-order valence-corrected chi connectivity index (χ1v) is 8.26. The fourth-order valence-electron chi connectivity index (χ4n) is 1.43. The van der Waals surface area contributed by atoms with Gasteiger partial charge in [-0.3, -0.25) is 0 Å². The van der Waals surface area contributed by atoms with Crippen LogP contribution < -0.4 is 5.19 Å². The Morgan fingerprint density at radius 1 is 1.12 bits per heavy atom. The van der Waals surface area contributed by atoms with E-state index in [1.165, 1.54) is 6.07 Å². The summed E-state index contributed by atoms with van der Waals surface area (Å²) < 4.78 is 27.0. The normalized spacial score (nSPS) is 12.9. The van der Waals surface area contributed by atoms with Gasteiger partial charge in [0.25, 0.3) is 0 Å². The predicted octanol–water partition coefficient (Wildman–Crippen LogP) is 3.39. The molecule has 0 saturated heterocycles. The first-order chi connectivity index (χ1) is 7.07. The lowest BCUT2D eigenvalue weighted by atomic mass is 10.2. The molecular weight excluding hydrogens is 226 g/mol. The number of hydrogen-bond donors (Lipinski definition) is 1. The number of phenolic OH excluding ortho intramolecular Hbond substituents is 1. The van der Waals surface area contributed by atoms with Gasteiger partial charge >= 0.3 is 0 Å². The lowest BCUT2D eigenvalue weighted by Crippen LogP contribution is -2.51. The highest BCUT2D eigenvalue weighted by molar-refractivity contribution is 6.92. The molecule has 0 aromatic heterocycles. The van der Waals surface area contributed by atoms with Crippen molar-refractivity contribution in [1.29, 1.82) is 0 Å². The highest BCUT2D eigenvalue weighted by Gasteiger charge is 2.39. The summed E-state index contributed by atoms with van der Waals surface area (Å²) in [6.07, 6.45) is 0. The summed E-state index contributed by atoms with van der Waals surface area (Å²) in [5.41, 5.74) is 0. The molecule has 1 aromatic carbocycles. The third-order valence-electron chi connectivity index (χ3n) is 3.57. The van der Waals surface area contributed by atoms with Crippen LogP contribution in [0.1, 0.15) is 20.8 Å². The molecule has 90 valence electrons. The molecule has 1 nitrogen and oxygen atoms in total. The van der Waals surface area contributed by atoms with E-state index >= 15 is 0 Å². The molecule has 16 heavy (non-hydrogen) atoms. The quantitative estimate of drug-likeness (QED) is 0.751. The fourth-order valence-corrected chi connectivity index (χ4v) is 3.42. The van der Waals surface area contributed by atoms with Crippen molar-refractivity contribution in [2.45, 2.75) is 38.9 Å². The minimum absolute atomic E-state index is 0.103. The predicted molar refractivity (Wildman–Crippen MR) is 64.9 cm³/mol. The maximum Gasteiger partial charge on any atom is 0.164 e. The molecule has 0 atom stereocenters. The second-order valence-electron chi connectivity index (χ2n) is 5.66. The lowest BCUT2D eigenvalue weighted by molar-refractivity contribution is 0.429. The van der Waals surface area contributed by atoms with E-state index in [0.29, 0.717) is 5.19 Å². The van der Waals surface area contributed by atoms with Gasteiger partial charge in [0.05, 0.1) is 8.07 Å². The van der Waals surface area contributed by atoms with Crippen molar-refractivity contribution in [1.82, 2.24) is 0 Å². The van der Waals surface area contributed by atoms with Crippen LogP contribution in [0.3, 0.4) is 0 Å². The maximum atomic E-state index is 13.8. The number of benzene rings is 1. The molecule has 1 rings (SSSR count). The van der Waals surface area contributed by atoms with Crippen molar-refractivity contribution in [3.05, 3.63) is 23.8 Å². The van der Waals surface area contributed by atoms with Crippen LogP contribution in [-0.4, -0.2) is 13.2 Å². The van der Waals surface area contributed by atoms with Gasteiger partial charge in [-0.15, -0.1) is 0 Å². The lowest BCUT2D eigenvalue weighted by Gasteiger charge is -2.37. The van der Waals surface area contributed by atoms with Gasteiger partial charge in [-0.25, -0.2) is 8.78 Å². The zero-order valence-electron chi connectivity index (χ0n) is 10.4. The van der Waals surface area contributed by atoms with E-state index in [0.717, 1.165) is 6.07 Å². The Labute approximate surface area is 96.1 Å². The van der Waals surface area contributed by atoms with E-state index in [4.69, 9.17) is 0 Å². The van der Waals surface area contributed by atoms with E-state index in [1.807, 2.05) is 33.9 Å². The summed E-state index contributed by atoms with van der Waals surface area (Å²) in [5.74, 6) is -1.86. The molecular formula is C12H18F2OSi. The molecule has 0 unspecified atom stereocenters. The van der Waals surface area contributed by atoms with Gasteiger partial charge < -0.3 is 5.11 Å². The average molecular weight is 244 g/mol. The Hall–Kier alpha value is -0.903. The largest absolute Gasteiger partial charge is 0.505 e. The molecule has 0 saturated carbocycles. The Morgan fingerprint density at radius 2 is 1.62 bits per heavy atom. The minimum atomic E-state index is -2.16. The molecule has 0 spiro atoms. The third-order valence-corrected chi connectivity index (χ3v) is 9.03. The number of rotatable bonds is 1. The third kappa shape index (κ3) is 2.12. The first kappa shape index (κ1) is 13.2. The number of halogens is 2. The van der Waals surface area contributed by atoms with Crippen molar-refractivity contribution >= 4 is 13.3 Å². The minimum Gasteiger partial charge on any atom is -0.505 e. The molecule has 0 aliphatic carbocycles. The number of aromatic hydroxyl groups is 1. The molecule has 1 N–H and O–H groups in total. The average Bonchev–Trinajstić information content (AvgIpc) is 2.09. The van der Waals surface area contributed by atoms with Gasteiger partial charge in [0.2, 0.25) is 0 Å². The Balaban J connectivity index is 3.44. The molecule has 4 heteroatoms. The molecule has 0 fully saturated rings. The van der Waals surface area contributed by atoms with Crippen LogP contribution in [0.15, 0.2) is 12.1 Å². The van der Waals surface area contributed by atoms with Gasteiger partial charge in [0.15, 0.2) is 11.6 Å². The SMILES string of the molecule is CC(C)(C)[Si](C)(C)c1cc(F)cc(O)c1F. The van der Waals surface area contributed by atoms with E-state index in [-0.39, 0.29) is 5.04 Å². The zero-order valence-corrected chi connectivity index (χ0v) is 11.4. The van der Waals surface area contributed by atoms with Crippen molar-refractivity contribution < 1.29 is 13.9 Å². The van der Waals surface area contributed by atoms with Crippen LogP contribution in [0, 0.1) is 11.6 Å². The number of hydrogen-bond acceptors (Lipinski definition) is 1. The smallest absolute Gasteiger partial charge is 0.164 e. The maximum absolute atomic E-state index is 13.8. The Bertz CT molecular complexity index is 408. The van der Waals surface area contributed by atoms with Crippen LogP contribution in [0.2, 0.25) is 18.1 Å². The molecule has 0 aliphatic rings. The number of phenols is 1. The first-order valence-electron chi connectivity index (χ1n) is 5.26. The van der Waals surface area contributed by atoms with Crippen LogP contribution in [0.4, 0.5) is 8.78 Å². The summed E-state index contributed by atoms with van der Waals surface area (Å²) in [4.78, 5) is 0. The topological polar surface area (TPSA) is 20.2 Å². The molecule has 0 radical (unpaired) electrons. The molecule has 0 aliphatic heterocycles. The highest BCUT2D eigenvalue weighted by atomic mass is 28.3. The van der Waals surface area contributed by atoms with E-state index in [2.05, 4.69) is 0 Å². The van der Waals surface area contributed by atoms with Gasteiger partial charge in [-0.1, -0.05) is 33.9 Å². The molecule has 0 bridgehead atoms. The summed E-state index contributed by atoms with van der Waals surface area (Å²) in [6, 6.07) is 2.03. The van der Waals surface area contributed by atoms with Crippen LogP contribution >= 0.6 is 0 Å². The van der Waals surface area contributed by atoms with Gasteiger partial charge in [0, 0.05) is 6.07 Å². The second kappa shape index (κ2) is 3.84. The molecule has 0 heterocycles. The standard InChI is InChI=1S/C12H18F2OSi/c1-12(2,3)16(4,5)10-7-8(13)6-9(15)11(10)14/h6-7,15H,1-5H3. The summed E-state index contributed by atoms with van der Waals surface area (Å²) in [6.45, 7) is 10.00. The monoisotopic (exact) mass is 244 g/mol. The van der Waals surface area contributed by atoms with Crippen molar-refractivity contribution in [3.63, 3.8) is 0 Å². The Morgan fingerprint density at radius 3 is 2.06 bits per heavy atom.